The van der Waals surface area contributed by atoms with Gasteiger partial charge in [0, 0.05) is 6.54 Å². The van der Waals surface area contributed by atoms with Gasteiger partial charge in [-0.05, 0) is 32.9 Å². The number of benzene rings is 1. The topological polar surface area (TPSA) is 69.0 Å². The summed E-state index contributed by atoms with van der Waals surface area (Å²) in [4.78, 5) is 12.5. The molecule has 2 rings (SSSR count). The first-order chi connectivity index (χ1) is 11.6. The molecule has 1 amide bonds. The van der Waals surface area contributed by atoms with Gasteiger partial charge in [0.2, 0.25) is 5.91 Å². The lowest BCUT2D eigenvalue weighted by molar-refractivity contribution is -0.115. The summed E-state index contributed by atoms with van der Waals surface area (Å²) in [6.07, 6.45) is 1.78. The summed E-state index contributed by atoms with van der Waals surface area (Å²) >= 11 is 1.37. The molecule has 1 aromatic carbocycles. The number of nitrogens with zero attached hydrogens (tertiary/aromatic N) is 3. The van der Waals surface area contributed by atoms with E-state index in [0.717, 1.165) is 5.82 Å². The van der Waals surface area contributed by atoms with Crippen LogP contribution in [0.4, 0.5) is 5.69 Å². The first kappa shape index (κ1) is 18.1. The van der Waals surface area contributed by atoms with Crippen LogP contribution in [0.15, 0.2) is 42.1 Å². The van der Waals surface area contributed by atoms with Crippen LogP contribution in [0, 0.1) is 6.92 Å². The second-order valence-electron chi connectivity index (χ2n) is 5.11. The zero-order chi connectivity index (χ0) is 17.5. The number of thioether (sulfide) groups is 1. The van der Waals surface area contributed by atoms with Crippen molar-refractivity contribution in [2.24, 2.45) is 0 Å². The van der Waals surface area contributed by atoms with Crippen LogP contribution in [0.25, 0.3) is 0 Å². The van der Waals surface area contributed by atoms with E-state index in [1.165, 1.54) is 11.8 Å². The molecule has 0 saturated carbocycles. The lowest BCUT2D eigenvalue weighted by atomic mass is 10.3. The van der Waals surface area contributed by atoms with Gasteiger partial charge in [-0.2, -0.15) is 0 Å². The van der Waals surface area contributed by atoms with Gasteiger partial charge in [0.25, 0.3) is 0 Å². The molecule has 7 heteroatoms. The molecule has 1 N–H and O–H groups in total. The number of para-hydroxylation sites is 2. The van der Waals surface area contributed by atoms with Gasteiger partial charge in [-0.1, -0.05) is 30.0 Å². The van der Waals surface area contributed by atoms with Crippen LogP contribution in [-0.4, -0.2) is 32.5 Å². The van der Waals surface area contributed by atoms with Crippen molar-refractivity contribution in [2.75, 3.05) is 11.9 Å². The molecule has 1 atom stereocenters. The molecular weight excluding hydrogens is 324 g/mol. The third-order valence-corrected chi connectivity index (χ3v) is 4.39. The van der Waals surface area contributed by atoms with Crippen LogP contribution >= 0.6 is 11.8 Å². The van der Waals surface area contributed by atoms with Gasteiger partial charge < -0.3 is 14.6 Å². The minimum absolute atomic E-state index is 0.113. The maximum atomic E-state index is 12.5. The Labute approximate surface area is 146 Å². The summed E-state index contributed by atoms with van der Waals surface area (Å²) in [5.41, 5.74) is 0.667. The standard InChI is InChI=1S/C17H22N4O2S/c1-5-11-21-13(4)19-20-17(21)24-12(3)16(22)18-14-9-7-8-10-15(14)23-6-2/h5,7-10,12H,1,6,11H2,2-4H3,(H,18,22). The highest BCUT2D eigenvalue weighted by molar-refractivity contribution is 8.00. The van der Waals surface area contributed by atoms with Gasteiger partial charge in [-0.3, -0.25) is 4.79 Å². The Hall–Kier alpha value is -2.28. The number of rotatable bonds is 8. The van der Waals surface area contributed by atoms with Crippen molar-refractivity contribution >= 4 is 23.4 Å². The van der Waals surface area contributed by atoms with Crippen molar-refractivity contribution in [1.82, 2.24) is 14.8 Å². The number of anilines is 1. The summed E-state index contributed by atoms with van der Waals surface area (Å²) in [7, 11) is 0. The zero-order valence-corrected chi connectivity index (χ0v) is 15.0. The molecular formula is C17H22N4O2S. The van der Waals surface area contributed by atoms with Crippen molar-refractivity contribution in [3.8, 4) is 5.75 Å². The lowest BCUT2D eigenvalue weighted by Crippen LogP contribution is -2.23. The largest absolute Gasteiger partial charge is 0.492 e. The van der Waals surface area contributed by atoms with Crippen LogP contribution in [-0.2, 0) is 11.3 Å². The van der Waals surface area contributed by atoms with Crippen LogP contribution in [0.5, 0.6) is 5.75 Å². The monoisotopic (exact) mass is 346 g/mol. The van der Waals surface area contributed by atoms with E-state index in [2.05, 4.69) is 22.1 Å². The Kier molecular flexibility index (Phi) is 6.43. The Morgan fingerprint density at radius 2 is 2.21 bits per heavy atom. The molecule has 0 radical (unpaired) electrons. The van der Waals surface area contributed by atoms with Crippen molar-refractivity contribution in [3.05, 3.63) is 42.7 Å². The quantitative estimate of drug-likeness (QED) is 0.587. The number of allylic oxidation sites excluding steroid dienone is 1. The van der Waals surface area contributed by atoms with E-state index < -0.39 is 0 Å². The second-order valence-corrected chi connectivity index (χ2v) is 6.42. The van der Waals surface area contributed by atoms with Gasteiger partial charge >= 0.3 is 0 Å². The fraction of sp³-hybridized carbons (Fsp3) is 0.353. The molecule has 1 unspecified atom stereocenters. The average molecular weight is 346 g/mol. The van der Waals surface area contributed by atoms with Crippen LogP contribution < -0.4 is 10.1 Å². The Morgan fingerprint density at radius 3 is 2.92 bits per heavy atom. The number of amides is 1. The molecule has 1 heterocycles. The molecule has 24 heavy (non-hydrogen) atoms. The normalized spacial score (nSPS) is 11.8. The number of carbonyl (C=O) groups is 1. The lowest BCUT2D eigenvalue weighted by Gasteiger charge is -2.14. The van der Waals surface area contributed by atoms with Crippen molar-refractivity contribution in [1.29, 1.82) is 0 Å². The van der Waals surface area contributed by atoms with Crippen LogP contribution in [0.1, 0.15) is 19.7 Å². The number of carbonyl (C=O) groups excluding carboxylic acids is 1. The average Bonchev–Trinajstić information content (AvgIpc) is 2.90. The van der Waals surface area contributed by atoms with Gasteiger partial charge in [0.05, 0.1) is 17.5 Å². The number of hydrogen-bond acceptors (Lipinski definition) is 5. The second kappa shape index (κ2) is 8.54. The van der Waals surface area contributed by atoms with Gasteiger partial charge in [0.1, 0.15) is 11.6 Å². The van der Waals surface area contributed by atoms with E-state index in [1.807, 2.05) is 49.6 Å². The minimum Gasteiger partial charge on any atom is -0.492 e. The SMILES string of the molecule is C=CCn1c(C)nnc1SC(C)C(=O)Nc1ccccc1OCC. The predicted octanol–water partition coefficient (Wildman–Crippen LogP) is 3.29. The molecule has 0 aliphatic rings. The molecule has 128 valence electrons. The highest BCUT2D eigenvalue weighted by atomic mass is 32.2. The minimum atomic E-state index is -0.327. The van der Waals surface area contributed by atoms with Gasteiger partial charge in [-0.15, -0.1) is 16.8 Å². The maximum absolute atomic E-state index is 12.5. The summed E-state index contributed by atoms with van der Waals surface area (Å²) < 4.78 is 7.46. The van der Waals surface area contributed by atoms with Crippen LogP contribution in [0.2, 0.25) is 0 Å². The summed E-state index contributed by atoms with van der Waals surface area (Å²) in [5.74, 6) is 1.35. The molecule has 0 bridgehead atoms. The summed E-state index contributed by atoms with van der Waals surface area (Å²) in [6.45, 7) is 10.5. The Bertz CT molecular complexity index is 714. The molecule has 1 aromatic heterocycles. The number of aromatic nitrogens is 3. The van der Waals surface area contributed by atoms with Crippen LogP contribution in [0.3, 0.4) is 0 Å². The molecule has 0 aliphatic heterocycles. The Morgan fingerprint density at radius 1 is 1.46 bits per heavy atom. The fourth-order valence-electron chi connectivity index (χ4n) is 2.09. The van der Waals surface area contributed by atoms with Crippen molar-refractivity contribution in [3.63, 3.8) is 0 Å². The first-order valence-electron chi connectivity index (χ1n) is 7.76. The van der Waals surface area contributed by atoms with E-state index >= 15 is 0 Å². The van der Waals surface area contributed by atoms with Gasteiger partial charge in [0.15, 0.2) is 5.16 Å². The van der Waals surface area contributed by atoms with E-state index in [-0.39, 0.29) is 11.2 Å². The summed E-state index contributed by atoms with van der Waals surface area (Å²) in [6, 6.07) is 7.39. The number of nitrogens with one attached hydrogen (secondary N) is 1. The third kappa shape index (κ3) is 4.38. The molecule has 2 aromatic rings. The molecule has 0 spiro atoms. The van der Waals surface area contributed by atoms with Crippen molar-refractivity contribution in [2.45, 2.75) is 37.7 Å². The predicted molar refractivity (Wildman–Crippen MR) is 96.5 cm³/mol. The molecule has 0 fully saturated rings. The van der Waals surface area contributed by atoms with Gasteiger partial charge in [-0.25, -0.2) is 0 Å². The van der Waals surface area contributed by atoms with E-state index in [0.29, 0.717) is 29.7 Å². The molecule has 0 saturated heterocycles. The van der Waals surface area contributed by atoms with E-state index in [9.17, 15) is 4.79 Å². The number of aryl methyl sites for hydroxylation is 1. The van der Waals surface area contributed by atoms with E-state index in [1.54, 1.807) is 6.08 Å². The zero-order valence-electron chi connectivity index (χ0n) is 14.2. The fourth-order valence-corrected chi connectivity index (χ4v) is 2.99. The highest BCUT2D eigenvalue weighted by Crippen LogP contribution is 2.27. The highest BCUT2D eigenvalue weighted by Gasteiger charge is 2.20. The molecule has 6 nitrogen and oxygen atoms in total. The maximum Gasteiger partial charge on any atom is 0.237 e. The Balaban J connectivity index is 2.07. The first-order valence-corrected chi connectivity index (χ1v) is 8.64. The summed E-state index contributed by atoms with van der Waals surface area (Å²) in [5, 5.41) is 11.5. The number of ether oxygens (including phenoxy) is 1. The smallest absolute Gasteiger partial charge is 0.237 e. The van der Waals surface area contributed by atoms with E-state index in [4.69, 9.17) is 4.74 Å². The number of hydrogen-bond donors (Lipinski definition) is 1. The third-order valence-electron chi connectivity index (χ3n) is 3.31. The van der Waals surface area contributed by atoms with Crippen molar-refractivity contribution < 1.29 is 9.53 Å². The molecule has 0 aliphatic carbocycles.